The number of nitrogens with zero attached hydrogens (tertiary/aromatic N) is 1. The third-order valence-electron chi connectivity index (χ3n) is 5.83. The molecule has 0 saturated carbocycles. The van der Waals surface area contributed by atoms with Crippen LogP contribution in [0.25, 0.3) is 0 Å². The van der Waals surface area contributed by atoms with E-state index in [2.05, 4.69) is 4.90 Å². The number of likely N-dealkylation sites (tertiary alicyclic amines) is 1. The molecular weight excluding hydrogens is 306 g/mol. The third kappa shape index (κ3) is 1.98. The molecule has 4 rings (SSSR count). The van der Waals surface area contributed by atoms with Crippen molar-refractivity contribution in [3.63, 3.8) is 0 Å². The van der Waals surface area contributed by atoms with E-state index in [1.165, 1.54) is 12.1 Å². The molecule has 1 aliphatic heterocycles. The molecule has 130 valence electrons. The number of aliphatic hydroxyl groups is 1. The van der Waals surface area contributed by atoms with E-state index in [0.717, 1.165) is 12.1 Å². The summed E-state index contributed by atoms with van der Waals surface area (Å²) in [4.78, 5) is 14.2. The molecule has 0 spiro atoms. The number of ketones is 1. The average Bonchev–Trinajstić information content (AvgIpc) is 2.57. The van der Waals surface area contributed by atoms with Crippen LogP contribution in [0.1, 0.15) is 37.8 Å². The van der Waals surface area contributed by atoms with E-state index in [-0.39, 0.29) is 29.7 Å². The van der Waals surface area contributed by atoms with Gasteiger partial charge in [-0.15, -0.1) is 0 Å². The lowest BCUT2D eigenvalue weighted by Gasteiger charge is -2.61. The molecule has 24 heavy (non-hydrogen) atoms. The first-order chi connectivity index (χ1) is 11.4. The Morgan fingerprint density at radius 2 is 1.96 bits per heavy atom. The summed E-state index contributed by atoms with van der Waals surface area (Å²) in [5, 5.41) is 31.8. The molecule has 2 aliphatic carbocycles. The average molecular weight is 331 g/mol. The normalized spacial score (nSPS) is 34.0. The van der Waals surface area contributed by atoms with Crippen molar-refractivity contribution in [1.82, 2.24) is 4.90 Å². The van der Waals surface area contributed by atoms with E-state index in [4.69, 9.17) is 0 Å². The van der Waals surface area contributed by atoms with Crippen molar-refractivity contribution in [3.05, 3.63) is 35.4 Å². The molecule has 3 atom stereocenters. The first-order valence-electron chi connectivity index (χ1n) is 8.58. The van der Waals surface area contributed by atoms with E-state index in [1.807, 2.05) is 20.9 Å². The molecule has 1 aromatic rings. The summed E-state index contributed by atoms with van der Waals surface area (Å²) in [5.74, 6) is -0.444. The smallest absolute Gasteiger partial charge is 0.161 e. The monoisotopic (exact) mass is 331 g/mol. The van der Waals surface area contributed by atoms with Gasteiger partial charge in [-0.05, 0) is 50.2 Å². The van der Waals surface area contributed by atoms with Crippen LogP contribution in [0, 0.1) is 0 Å². The fourth-order valence-corrected chi connectivity index (χ4v) is 4.71. The molecule has 0 aromatic heterocycles. The van der Waals surface area contributed by atoms with Gasteiger partial charge in [0.1, 0.15) is 5.60 Å². The molecule has 1 aromatic carbocycles. The van der Waals surface area contributed by atoms with Crippen molar-refractivity contribution in [1.29, 1.82) is 0 Å². The zero-order chi connectivity index (χ0) is 17.7. The van der Waals surface area contributed by atoms with Crippen LogP contribution in [0.15, 0.2) is 24.3 Å². The molecular formula is C19H25NO4. The van der Waals surface area contributed by atoms with Gasteiger partial charge in [-0.25, -0.2) is 0 Å². The van der Waals surface area contributed by atoms with Gasteiger partial charge in [-0.3, -0.25) is 9.69 Å². The number of rotatable bonds is 0. The molecule has 2 bridgehead atoms. The zero-order valence-electron chi connectivity index (χ0n) is 14.4. The largest absolute Gasteiger partial charge is 0.504 e. The SMILES string of the molecule is CC.CN1CC[C@]23CC(=O)C=CC2(O)[C@H]1Cc1ccc(O)c(O)c13. The summed E-state index contributed by atoms with van der Waals surface area (Å²) in [6, 6.07) is 3.13. The number of carbonyl (C=O) groups excluding carboxylic acids is 1. The van der Waals surface area contributed by atoms with Crippen LogP contribution < -0.4 is 0 Å². The van der Waals surface area contributed by atoms with Crippen LogP contribution in [0.3, 0.4) is 0 Å². The number of carbonyl (C=O) groups is 1. The van der Waals surface area contributed by atoms with Gasteiger partial charge in [0.05, 0.1) is 0 Å². The van der Waals surface area contributed by atoms with Gasteiger partial charge in [-0.2, -0.15) is 0 Å². The number of phenols is 2. The highest BCUT2D eigenvalue weighted by Crippen LogP contribution is 2.58. The van der Waals surface area contributed by atoms with E-state index < -0.39 is 11.0 Å². The molecule has 3 aliphatic rings. The van der Waals surface area contributed by atoms with Crippen LogP contribution in [0.5, 0.6) is 11.5 Å². The molecule has 1 unspecified atom stereocenters. The lowest BCUT2D eigenvalue weighted by molar-refractivity contribution is -0.135. The zero-order valence-corrected chi connectivity index (χ0v) is 14.4. The fraction of sp³-hybridized carbons (Fsp3) is 0.526. The molecule has 1 saturated heterocycles. The minimum absolute atomic E-state index is 0.0522. The lowest BCUT2D eigenvalue weighted by atomic mass is 9.51. The lowest BCUT2D eigenvalue weighted by Crippen LogP contribution is -2.71. The Morgan fingerprint density at radius 1 is 1.25 bits per heavy atom. The second kappa shape index (κ2) is 5.60. The van der Waals surface area contributed by atoms with E-state index >= 15 is 0 Å². The predicted molar refractivity (Wildman–Crippen MR) is 91.3 cm³/mol. The minimum Gasteiger partial charge on any atom is -0.504 e. The Hall–Kier alpha value is -1.85. The Kier molecular flexibility index (Phi) is 3.97. The first-order valence-corrected chi connectivity index (χ1v) is 8.58. The number of aromatic hydroxyl groups is 2. The maximum absolute atomic E-state index is 12.1. The summed E-state index contributed by atoms with van der Waals surface area (Å²) < 4.78 is 0. The van der Waals surface area contributed by atoms with Crippen molar-refractivity contribution in [2.75, 3.05) is 13.6 Å². The van der Waals surface area contributed by atoms with Gasteiger partial charge in [0, 0.05) is 23.4 Å². The Bertz CT molecular complexity index is 714. The van der Waals surface area contributed by atoms with Gasteiger partial charge in [0.25, 0.3) is 0 Å². The van der Waals surface area contributed by atoms with Crippen LogP contribution >= 0.6 is 0 Å². The van der Waals surface area contributed by atoms with Gasteiger partial charge in [0.15, 0.2) is 17.3 Å². The van der Waals surface area contributed by atoms with Crippen LogP contribution in [0.4, 0.5) is 0 Å². The van der Waals surface area contributed by atoms with Crippen LogP contribution in [-0.2, 0) is 16.6 Å². The summed E-state index contributed by atoms with van der Waals surface area (Å²) in [5.41, 5.74) is -0.602. The number of piperidine rings is 1. The molecule has 5 heteroatoms. The number of fused-ring (bicyclic) bond motifs is 1. The van der Waals surface area contributed by atoms with E-state index in [0.29, 0.717) is 18.4 Å². The van der Waals surface area contributed by atoms with Gasteiger partial charge < -0.3 is 15.3 Å². The highest BCUT2D eigenvalue weighted by atomic mass is 16.3. The van der Waals surface area contributed by atoms with Gasteiger partial charge >= 0.3 is 0 Å². The topological polar surface area (TPSA) is 81.0 Å². The van der Waals surface area contributed by atoms with Gasteiger partial charge in [-0.1, -0.05) is 19.9 Å². The van der Waals surface area contributed by atoms with Crippen molar-refractivity contribution in [3.8, 4) is 11.5 Å². The number of likely N-dealkylation sites (N-methyl/N-ethyl adjacent to an activating group) is 1. The van der Waals surface area contributed by atoms with Gasteiger partial charge in [0.2, 0.25) is 0 Å². The summed E-state index contributed by atoms with van der Waals surface area (Å²) in [7, 11) is 1.97. The van der Waals surface area contributed by atoms with E-state index in [1.54, 1.807) is 12.1 Å². The van der Waals surface area contributed by atoms with Crippen LogP contribution in [-0.4, -0.2) is 51.2 Å². The quantitative estimate of drug-likeness (QED) is 0.633. The predicted octanol–water partition coefficient (Wildman–Crippen LogP) is 1.88. The Balaban J connectivity index is 0.000000815. The second-order valence-electron chi connectivity index (χ2n) is 6.80. The molecule has 1 fully saturated rings. The maximum Gasteiger partial charge on any atom is 0.161 e. The molecule has 0 amide bonds. The van der Waals surface area contributed by atoms with Crippen molar-refractivity contribution in [2.24, 2.45) is 0 Å². The molecule has 1 heterocycles. The number of benzene rings is 1. The Labute approximate surface area is 142 Å². The van der Waals surface area contributed by atoms with E-state index in [9.17, 15) is 20.1 Å². The minimum atomic E-state index is -1.20. The second-order valence-corrected chi connectivity index (χ2v) is 6.80. The maximum atomic E-state index is 12.1. The molecule has 0 radical (unpaired) electrons. The summed E-state index contributed by atoms with van der Waals surface area (Å²) in [6.45, 7) is 4.74. The highest BCUT2D eigenvalue weighted by Gasteiger charge is 2.63. The number of allylic oxidation sites excluding steroid dienone is 1. The Morgan fingerprint density at radius 3 is 2.67 bits per heavy atom. The number of hydrogen-bond acceptors (Lipinski definition) is 5. The summed E-state index contributed by atoms with van der Waals surface area (Å²) in [6.07, 6.45) is 4.36. The summed E-state index contributed by atoms with van der Waals surface area (Å²) >= 11 is 0. The first kappa shape index (κ1) is 17.0. The van der Waals surface area contributed by atoms with Crippen molar-refractivity contribution in [2.45, 2.75) is 50.2 Å². The molecule has 5 nitrogen and oxygen atoms in total. The standard InChI is InChI=1S/C17H19NO4.C2H6/c1-18-7-6-16-9-11(19)4-5-17(16,22)13(18)8-10-2-3-12(20)15(21)14(10)16;1-2/h2-5,13,20-22H,6-9H2,1H3;1-2H3/t13-,16-,17?;/m1./s1. The van der Waals surface area contributed by atoms with Crippen molar-refractivity contribution < 1.29 is 20.1 Å². The van der Waals surface area contributed by atoms with Crippen LogP contribution in [0.2, 0.25) is 0 Å². The molecule has 3 N–H and O–H groups in total. The third-order valence-corrected chi connectivity index (χ3v) is 5.83. The fourth-order valence-electron chi connectivity index (χ4n) is 4.71. The number of hydrogen-bond donors (Lipinski definition) is 3. The highest BCUT2D eigenvalue weighted by molar-refractivity contribution is 5.93. The van der Waals surface area contributed by atoms with Crippen molar-refractivity contribution >= 4 is 5.78 Å². The number of phenolic OH excluding ortho intramolecular Hbond substituents is 2.